The molecule has 0 spiro atoms. The molecule has 2 aromatic rings. The van der Waals surface area contributed by atoms with Gasteiger partial charge in [0, 0.05) is 6.54 Å². The van der Waals surface area contributed by atoms with Gasteiger partial charge in [-0.25, -0.2) is 9.97 Å². The Morgan fingerprint density at radius 3 is 3.06 bits per heavy atom. The molecule has 2 heterocycles. The predicted molar refractivity (Wildman–Crippen MR) is 77.1 cm³/mol. The highest BCUT2D eigenvalue weighted by Gasteiger charge is 2.14. The van der Waals surface area contributed by atoms with Crippen molar-refractivity contribution < 1.29 is 0 Å². The molecule has 4 heteroatoms. The third-order valence-corrected chi connectivity index (χ3v) is 4.71. The van der Waals surface area contributed by atoms with E-state index in [2.05, 4.69) is 20.7 Å². The Kier molecular flexibility index (Phi) is 3.74. The maximum atomic E-state index is 4.34. The van der Waals surface area contributed by atoms with Crippen LogP contribution >= 0.6 is 11.3 Å². The van der Waals surface area contributed by atoms with Crippen molar-refractivity contribution >= 4 is 27.4 Å². The quantitative estimate of drug-likeness (QED) is 0.824. The van der Waals surface area contributed by atoms with E-state index in [1.54, 1.807) is 17.7 Å². The Bertz CT molecular complexity index is 502. The van der Waals surface area contributed by atoms with Gasteiger partial charge < -0.3 is 5.32 Å². The third-order valence-electron chi connectivity index (χ3n) is 3.80. The van der Waals surface area contributed by atoms with Crippen molar-refractivity contribution in [3.8, 4) is 0 Å². The van der Waals surface area contributed by atoms with Crippen molar-refractivity contribution in [2.24, 2.45) is 5.92 Å². The Hall–Kier alpha value is -1.16. The highest BCUT2D eigenvalue weighted by Crippen LogP contribution is 2.29. The molecule has 0 atom stereocenters. The van der Waals surface area contributed by atoms with Gasteiger partial charge in [-0.05, 0) is 30.2 Å². The fraction of sp³-hybridized carbons (Fsp3) is 0.571. The van der Waals surface area contributed by atoms with Gasteiger partial charge in [0.2, 0.25) is 0 Å². The van der Waals surface area contributed by atoms with Gasteiger partial charge in [-0.3, -0.25) is 0 Å². The molecule has 1 aliphatic carbocycles. The van der Waals surface area contributed by atoms with E-state index >= 15 is 0 Å². The van der Waals surface area contributed by atoms with Crippen LogP contribution in [-0.4, -0.2) is 16.5 Å². The summed E-state index contributed by atoms with van der Waals surface area (Å²) in [7, 11) is 0. The smallest absolute Gasteiger partial charge is 0.147 e. The van der Waals surface area contributed by atoms with Crippen LogP contribution in [0.1, 0.15) is 38.5 Å². The highest BCUT2D eigenvalue weighted by molar-refractivity contribution is 7.17. The standard InChI is InChI=1S/C14H19N3S/c1-2-5-11(4-1)6-3-8-15-14-13-12(7-9-18-13)16-10-17-14/h7,9-11H,1-6,8H2,(H,15,16,17). The van der Waals surface area contributed by atoms with E-state index < -0.39 is 0 Å². The van der Waals surface area contributed by atoms with Crippen molar-refractivity contribution in [1.29, 1.82) is 0 Å². The van der Waals surface area contributed by atoms with Crippen LogP contribution < -0.4 is 5.32 Å². The van der Waals surface area contributed by atoms with Crippen molar-refractivity contribution in [3.63, 3.8) is 0 Å². The minimum absolute atomic E-state index is 0.985. The zero-order valence-electron chi connectivity index (χ0n) is 10.6. The largest absolute Gasteiger partial charge is 0.369 e. The van der Waals surface area contributed by atoms with Gasteiger partial charge >= 0.3 is 0 Å². The fourth-order valence-corrected chi connectivity index (χ4v) is 3.62. The van der Waals surface area contributed by atoms with E-state index in [9.17, 15) is 0 Å². The first-order valence-corrected chi connectivity index (χ1v) is 7.73. The maximum Gasteiger partial charge on any atom is 0.147 e. The van der Waals surface area contributed by atoms with E-state index in [1.807, 2.05) is 6.07 Å². The first-order chi connectivity index (χ1) is 8.93. The minimum atomic E-state index is 0.985. The van der Waals surface area contributed by atoms with Crippen molar-refractivity contribution in [3.05, 3.63) is 17.8 Å². The van der Waals surface area contributed by atoms with Gasteiger partial charge in [-0.2, -0.15) is 0 Å². The second kappa shape index (κ2) is 5.65. The molecular formula is C14H19N3S. The normalized spacial score (nSPS) is 16.4. The van der Waals surface area contributed by atoms with Crippen LogP contribution in [0.3, 0.4) is 0 Å². The molecule has 0 unspecified atom stereocenters. The summed E-state index contributed by atoms with van der Waals surface area (Å²) in [5.41, 5.74) is 1.05. The number of aromatic nitrogens is 2. The molecule has 0 aromatic carbocycles. The molecule has 3 rings (SSSR count). The van der Waals surface area contributed by atoms with Gasteiger partial charge in [0.25, 0.3) is 0 Å². The van der Waals surface area contributed by atoms with Crippen LogP contribution in [0.5, 0.6) is 0 Å². The number of hydrogen-bond acceptors (Lipinski definition) is 4. The average Bonchev–Trinajstić information content (AvgIpc) is 3.05. The number of rotatable bonds is 5. The van der Waals surface area contributed by atoms with Gasteiger partial charge in [0.05, 0.1) is 10.2 Å². The Balaban J connectivity index is 1.51. The van der Waals surface area contributed by atoms with Crippen LogP contribution in [0, 0.1) is 5.92 Å². The summed E-state index contributed by atoms with van der Waals surface area (Å²) < 4.78 is 1.18. The van der Waals surface area contributed by atoms with Crippen LogP contribution in [0.4, 0.5) is 5.82 Å². The second-order valence-corrected chi connectivity index (χ2v) is 5.99. The van der Waals surface area contributed by atoms with Crippen LogP contribution in [-0.2, 0) is 0 Å². The highest BCUT2D eigenvalue weighted by atomic mass is 32.1. The molecule has 3 nitrogen and oxygen atoms in total. The summed E-state index contributed by atoms with van der Waals surface area (Å²) in [5, 5.41) is 5.53. The van der Waals surface area contributed by atoms with Crippen LogP contribution in [0.25, 0.3) is 10.2 Å². The van der Waals surface area contributed by atoms with E-state index in [1.165, 1.54) is 43.2 Å². The molecule has 0 saturated heterocycles. The summed E-state index contributed by atoms with van der Waals surface area (Å²) in [4.78, 5) is 8.59. The lowest BCUT2D eigenvalue weighted by Crippen LogP contribution is -2.05. The summed E-state index contributed by atoms with van der Waals surface area (Å²) in [5.74, 6) is 1.99. The van der Waals surface area contributed by atoms with Crippen molar-refractivity contribution in [2.45, 2.75) is 38.5 Å². The Morgan fingerprint density at radius 2 is 2.17 bits per heavy atom. The molecular weight excluding hydrogens is 242 g/mol. The molecule has 1 N–H and O–H groups in total. The first kappa shape index (κ1) is 11.9. The average molecular weight is 261 g/mol. The molecule has 0 aliphatic heterocycles. The molecule has 0 radical (unpaired) electrons. The van der Waals surface area contributed by atoms with Gasteiger partial charge in [-0.1, -0.05) is 25.7 Å². The third kappa shape index (κ3) is 2.64. The van der Waals surface area contributed by atoms with E-state index in [0.717, 1.165) is 23.8 Å². The number of hydrogen-bond donors (Lipinski definition) is 1. The summed E-state index contributed by atoms with van der Waals surface area (Å²) in [6.07, 6.45) is 10.0. The Morgan fingerprint density at radius 1 is 1.28 bits per heavy atom. The molecule has 2 aromatic heterocycles. The van der Waals surface area contributed by atoms with Crippen molar-refractivity contribution in [1.82, 2.24) is 9.97 Å². The molecule has 0 bridgehead atoms. The van der Waals surface area contributed by atoms with E-state index in [-0.39, 0.29) is 0 Å². The molecule has 18 heavy (non-hydrogen) atoms. The summed E-state index contributed by atoms with van der Waals surface area (Å²) >= 11 is 1.71. The molecule has 1 saturated carbocycles. The number of thiophene rings is 1. The monoisotopic (exact) mass is 261 g/mol. The fourth-order valence-electron chi connectivity index (χ4n) is 2.81. The van der Waals surface area contributed by atoms with Gasteiger partial charge in [0.1, 0.15) is 12.1 Å². The molecule has 1 aliphatic rings. The second-order valence-electron chi connectivity index (χ2n) is 5.08. The van der Waals surface area contributed by atoms with E-state index in [0.29, 0.717) is 0 Å². The zero-order valence-corrected chi connectivity index (χ0v) is 11.4. The minimum Gasteiger partial charge on any atom is -0.369 e. The SMILES string of the molecule is c1nc(NCCCC2CCCC2)c2sccc2n1. The lowest BCUT2D eigenvalue weighted by molar-refractivity contribution is 0.491. The van der Waals surface area contributed by atoms with Gasteiger partial charge in [0.15, 0.2) is 0 Å². The lowest BCUT2D eigenvalue weighted by Gasteiger charge is -2.09. The summed E-state index contributed by atoms with van der Waals surface area (Å²) in [6, 6.07) is 2.05. The molecule has 0 amide bonds. The van der Waals surface area contributed by atoms with Crippen LogP contribution in [0.2, 0.25) is 0 Å². The number of nitrogens with one attached hydrogen (secondary N) is 1. The molecule has 96 valence electrons. The Labute approximate surface area is 112 Å². The summed E-state index contributed by atoms with van der Waals surface area (Å²) in [6.45, 7) is 1.03. The van der Waals surface area contributed by atoms with Crippen LogP contribution in [0.15, 0.2) is 17.8 Å². The number of nitrogens with zero attached hydrogens (tertiary/aromatic N) is 2. The zero-order chi connectivity index (χ0) is 12.2. The molecule has 1 fully saturated rings. The van der Waals surface area contributed by atoms with Crippen molar-refractivity contribution in [2.75, 3.05) is 11.9 Å². The topological polar surface area (TPSA) is 37.8 Å². The maximum absolute atomic E-state index is 4.34. The number of anilines is 1. The number of fused-ring (bicyclic) bond motifs is 1. The first-order valence-electron chi connectivity index (χ1n) is 6.85. The predicted octanol–water partition coefficient (Wildman–Crippen LogP) is 4.07. The lowest BCUT2D eigenvalue weighted by atomic mass is 10.0. The van der Waals surface area contributed by atoms with E-state index in [4.69, 9.17) is 0 Å². The van der Waals surface area contributed by atoms with Gasteiger partial charge in [-0.15, -0.1) is 11.3 Å².